The van der Waals surface area contributed by atoms with Gasteiger partial charge in [-0.3, -0.25) is 9.59 Å². The van der Waals surface area contributed by atoms with Crippen molar-refractivity contribution in [3.63, 3.8) is 0 Å². The number of nitrogens with one attached hydrogen (secondary N) is 1. The summed E-state index contributed by atoms with van der Waals surface area (Å²) in [7, 11) is 0. The summed E-state index contributed by atoms with van der Waals surface area (Å²) in [5.41, 5.74) is 0.856. The zero-order chi connectivity index (χ0) is 16.0. The second kappa shape index (κ2) is 5.27. The summed E-state index contributed by atoms with van der Waals surface area (Å²) >= 11 is 0. The first-order valence-electron chi connectivity index (χ1n) is 7.36. The van der Waals surface area contributed by atoms with E-state index < -0.39 is 30.0 Å². The highest BCUT2D eigenvalue weighted by Crippen LogP contribution is 2.39. The summed E-state index contributed by atoms with van der Waals surface area (Å²) in [6.45, 7) is 0.486. The van der Waals surface area contributed by atoms with E-state index in [9.17, 15) is 14.7 Å². The van der Waals surface area contributed by atoms with Gasteiger partial charge >= 0.3 is 5.97 Å². The molecule has 0 saturated carbocycles. The molecule has 1 amide bonds. The van der Waals surface area contributed by atoms with Gasteiger partial charge in [0, 0.05) is 6.54 Å². The van der Waals surface area contributed by atoms with E-state index >= 15 is 0 Å². The van der Waals surface area contributed by atoms with Crippen LogP contribution in [0.1, 0.15) is 5.56 Å². The predicted molar refractivity (Wildman–Crippen MR) is 76.8 cm³/mol. The molecule has 0 unspecified atom stereocenters. The molecule has 3 aliphatic heterocycles. The number of carbonyl (C=O) groups excluding carboxylic acids is 1. The Bertz CT molecular complexity index is 700. The monoisotopic (exact) mass is 317 g/mol. The van der Waals surface area contributed by atoms with Crippen LogP contribution in [-0.4, -0.2) is 36.0 Å². The lowest BCUT2D eigenvalue weighted by atomic mass is 9.82. The largest absolute Gasteiger partial charge is 0.481 e. The molecule has 120 valence electrons. The van der Waals surface area contributed by atoms with Crippen molar-refractivity contribution in [2.24, 2.45) is 11.8 Å². The molecule has 1 saturated heterocycles. The maximum atomic E-state index is 12.4. The number of aliphatic carboxylic acids is 1. The molecule has 0 spiro atoms. The van der Waals surface area contributed by atoms with Crippen LogP contribution in [0, 0.1) is 11.8 Å². The summed E-state index contributed by atoms with van der Waals surface area (Å²) in [6.07, 6.45) is 2.50. The fourth-order valence-corrected chi connectivity index (χ4v) is 3.27. The third-order valence-corrected chi connectivity index (χ3v) is 4.39. The molecule has 2 bridgehead atoms. The summed E-state index contributed by atoms with van der Waals surface area (Å²) in [5, 5.41) is 12.1. The molecule has 4 rings (SSSR count). The van der Waals surface area contributed by atoms with Gasteiger partial charge in [-0.1, -0.05) is 18.2 Å². The molecule has 1 aromatic carbocycles. The number of rotatable bonds is 4. The molecule has 7 nitrogen and oxygen atoms in total. The summed E-state index contributed by atoms with van der Waals surface area (Å²) in [4.78, 5) is 23.8. The fraction of sp³-hybridized carbons (Fsp3) is 0.375. The number of carboxylic acids is 1. The number of benzene rings is 1. The molecular weight excluding hydrogens is 302 g/mol. The average molecular weight is 317 g/mol. The number of hydrogen-bond donors (Lipinski definition) is 2. The smallest absolute Gasteiger partial charge is 0.310 e. The van der Waals surface area contributed by atoms with Crippen LogP contribution in [0.15, 0.2) is 30.4 Å². The van der Waals surface area contributed by atoms with Crippen molar-refractivity contribution in [3.8, 4) is 11.5 Å². The van der Waals surface area contributed by atoms with E-state index in [0.717, 1.165) is 5.56 Å². The van der Waals surface area contributed by atoms with Gasteiger partial charge < -0.3 is 24.6 Å². The second-order valence-corrected chi connectivity index (χ2v) is 5.75. The van der Waals surface area contributed by atoms with Gasteiger partial charge in [0.1, 0.15) is 5.92 Å². The van der Waals surface area contributed by atoms with Gasteiger partial charge in [-0.15, -0.1) is 0 Å². The van der Waals surface area contributed by atoms with E-state index in [4.69, 9.17) is 14.2 Å². The van der Waals surface area contributed by atoms with Crippen molar-refractivity contribution in [2.45, 2.75) is 18.8 Å². The first kappa shape index (κ1) is 14.1. The van der Waals surface area contributed by atoms with Crippen LogP contribution in [-0.2, 0) is 20.9 Å². The maximum Gasteiger partial charge on any atom is 0.310 e. The maximum absolute atomic E-state index is 12.4. The van der Waals surface area contributed by atoms with Crippen LogP contribution in [0.3, 0.4) is 0 Å². The molecule has 2 N–H and O–H groups in total. The van der Waals surface area contributed by atoms with Gasteiger partial charge in [0.05, 0.1) is 18.1 Å². The minimum absolute atomic E-state index is 0.195. The summed E-state index contributed by atoms with van der Waals surface area (Å²) in [5.74, 6) is -1.53. The highest BCUT2D eigenvalue weighted by Gasteiger charge is 2.53. The number of amides is 1. The number of ether oxygens (including phenoxy) is 3. The van der Waals surface area contributed by atoms with Gasteiger partial charge in [0.15, 0.2) is 11.5 Å². The average Bonchev–Trinajstić information content (AvgIpc) is 3.25. The number of carboxylic acid groups (broad SMARTS) is 1. The molecular formula is C16H15NO6. The molecule has 7 heteroatoms. The first-order valence-corrected chi connectivity index (χ1v) is 7.36. The topological polar surface area (TPSA) is 94.1 Å². The minimum Gasteiger partial charge on any atom is -0.481 e. The van der Waals surface area contributed by atoms with Crippen LogP contribution in [0.5, 0.6) is 11.5 Å². The van der Waals surface area contributed by atoms with Crippen LogP contribution in [0.2, 0.25) is 0 Å². The Kier molecular flexibility index (Phi) is 3.23. The van der Waals surface area contributed by atoms with Gasteiger partial charge in [-0.2, -0.15) is 0 Å². The van der Waals surface area contributed by atoms with Crippen molar-refractivity contribution < 1.29 is 28.9 Å². The Hall–Kier alpha value is -2.54. The molecule has 0 radical (unpaired) electrons. The van der Waals surface area contributed by atoms with E-state index in [1.807, 2.05) is 6.07 Å². The van der Waals surface area contributed by atoms with E-state index in [-0.39, 0.29) is 12.7 Å². The van der Waals surface area contributed by atoms with Crippen molar-refractivity contribution in [2.75, 3.05) is 6.79 Å². The molecule has 23 heavy (non-hydrogen) atoms. The second-order valence-electron chi connectivity index (χ2n) is 5.75. The number of fused-ring (bicyclic) bond motifs is 3. The molecule has 4 atom stereocenters. The third-order valence-electron chi connectivity index (χ3n) is 4.39. The fourth-order valence-electron chi connectivity index (χ4n) is 3.27. The Morgan fingerprint density at radius 2 is 1.87 bits per heavy atom. The highest BCUT2D eigenvalue weighted by atomic mass is 16.7. The van der Waals surface area contributed by atoms with Crippen LogP contribution in [0.25, 0.3) is 0 Å². The lowest BCUT2D eigenvalue weighted by molar-refractivity contribution is -0.146. The molecule has 1 aromatic rings. The lowest BCUT2D eigenvalue weighted by Crippen LogP contribution is -2.42. The van der Waals surface area contributed by atoms with Crippen LogP contribution in [0.4, 0.5) is 0 Å². The lowest BCUT2D eigenvalue weighted by Gasteiger charge is -2.21. The van der Waals surface area contributed by atoms with Crippen LogP contribution >= 0.6 is 0 Å². The minimum atomic E-state index is -1.01. The zero-order valence-electron chi connectivity index (χ0n) is 12.1. The first-order chi connectivity index (χ1) is 11.1. The summed E-state index contributed by atoms with van der Waals surface area (Å²) < 4.78 is 16.0. The quantitative estimate of drug-likeness (QED) is 0.793. The van der Waals surface area contributed by atoms with E-state index in [1.165, 1.54) is 0 Å². The third kappa shape index (κ3) is 2.33. The standard InChI is InChI=1S/C16H15NO6/c18-15(13-10-3-4-11(23-10)14(13)16(19)20)17-6-8-1-2-9-12(5-8)22-7-21-9/h1-5,10-11,13-14H,6-7H2,(H,17,18)(H,19,20)/t10-,11-,13-,14-/m1/s1. The molecule has 0 aromatic heterocycles. The molecule has 0 aliphatic carbocycles. The Morgan fingerprint density at radius 3 is 2.65 bits per heavy atom. The zero-order valence-corrected chi connectivity index (χ0v) is 12.1. The van der Waals surface area contributed by atoms with Crippen molar-refractivity contribution in [1.29, 1.82) is 0 Å². The number of hydrogen-bond acceptors (Lipinski definition) is 5. The van der Waals surface area contributed by atoms with E-state index in [0.29, 0.717) is 18.0 Å². The van der Waals surface area contributed by atoms with Crippen LogP contribution < -0.4 is 14.8 Å². The van der Waals surface area contributed by atoms with Gasteiger partial charge in [0.25, 0.3) is 0 Å². The van der Waals surface area contributed by atoms with E-state index in [1.54, 1.807) is 24.3 Å². The molecule has 3 aliphatic rings. The van der Waals surface area contributed by atoms with Gasteiger partial charge in [0.2, 0.25) is 12.7 Å². The predicted octanol–water partition coefficient (Wildman–Crippen LogP) is 0.686. The van der Waals surface area contributed by atoms with Gasteiger partial charge in [-0.25, -0.2) is 0 Å². The number of carbonyl (C=O) groups is 2. The Morgan fingerprint density at radius 1 is 1.13 bits per heavy atom. The highest BCUT2D eigenvalue weighted by molar-refractivity contribution is 5.87. The van der Waals surface area contributed by atoms with Crippen molar-refractivity contribution >= 4 is 11.9 Å². The summed E-state index contributed by atoms with van der Waals surface area (Å²) in [6, 6.07) is 5.42. The van der Waals surface area contributed by atoms with Gasteiger partial charge in [-0.05, 0) is 17.7 Å². The molecule has 3 heterocycles. The van der Waals surface area contributed by atoms with E-state index in [2.05, 4.69) is 5.32 Å². The van der Waals surface area contributed by atoms with Crippen molar-refractivity contribution in [1.82, 2.24) is 5.32 Å². The Labute approximate surface area is 131 Å². The Balaban J connectivity index is 1.44. The molecule has 1 fully saturated rings. The van der Waals surface area contributed by atoms with Crippen molar-refractivity contribution in [3.05, 3.63) is 35.9 Å². The SMILES string of the molecule is O=C(O)[C@H]1[C@H](C(=O)NCc2ccc3c(c2)OCO3)[C@H]2C=C[C@H]1O2. The normalized spacial score (nSPS) is 29.7.